The Bertz CT molecular complexity index is 567. The Balaban J connectivity index is 2.12. The molecule has 0 saturated carbocycles. The third kappa shape index (κ3) is 10.7. The van der Waals surface area contributed by atoms with Crippen molar-refractivity contribution in [1.82, 2.24) is 16.2 Å². The van der Waals surface area contributed by atoms with Gasteiger partial charge in [0.1, 0.15) is 5.75 Å². The lowest BCUT2D eigenvalue weighted by Gasteiger charge is -2.11. The summed E-state index contributed by atoms with van der Waals surface area (Å²) in [5, 5.41) is 2.59. The van der Waals surface area contributed by atoms with Gasteiger partial charge in [0.05, 0.1) is 0 Å². The SMILES string of the molecule is CCCCCCCC(=O)NC(=S)NNC(=O)COc1ccc(Br)cc1. The van der Waals surface area contributed by atoms with Gasteiger partial charge in [-0.2, -0.15) is 0 Å². The van der Waals surface area contributed by atoms with Crippen LogP contribution < -0.4 is 20.9 Å². The average molecular weight is 430 g/mol. The molecule has 0 aromatic heterocycles. The van der Waals surface area contributed by atoms with Crippen molar-refractivity contribution in [3.05, 3.63) is 28.7 Å². The van der Waals surface area contributed by atoms with Gasteiger partial charge in [0.15, 0.2) is 11.7 Å². The zero-order valence-electron chi connectivity index (χ0n) is 14.3. The molecule has 0 saturated heterocycles. The van der Waals surface area contributed by atoms with E-state index in [0.29, 0.717) is 12.2 Å². The Morgan fingerprint density at radius 3 is 2.40 bits per heavy atom. The topological polar surface area (TPSA) is 79.5 Å². The van der Waals surface area contributed by atoms with Crippen LogP contribution in [0.25, 0.3) is 0 Å². The average Bonchev–Trinajstić information content (AvgIpc) is 2.59. The fraction of sp³-hybridized carbons (Fsp3) is 0.471. The van der Waals surface area contributed by atoms with E-state index < -0.39 is 5.91 Å². The zero-order chi connectivity index (χ0) is 18.5. The van der Waals surface area contributed by atoms with E-state index in [0.717, 1.165) is 23.7 Å². The Labute approximate surface area is 162 Å². The molecular weight excluding hydrogens is 406 g/mol. The maximum absolute atomic E-state index is 11.7. The van der Waals surface area contributed by atoms with Crippen molar-refractivity contribution < 1.29 is 14.3 Å². The Kier molecular flexibility index (Phi) is 10.8. The molecule has 8 heteroatoms. The van der Waals surface area contributed by atoms with E-state index in [-0.39, 0.29) is 17.6 Å². The van der Waals surface area contributed by atoms with Gasteiger partial charge in [-0.25, -0.2) is 0 Å². The summed E-state index contributed by atoms with van der Waals surface area (Å²) < 4.78 is 6.25. The van der Waals surface area contributed by atoms with Gasteiger partial charge in [-0.1, -0.05) is 48.5 Å². The number of nitrogens with one attached hydrogen (secondary N) is 3. The smallest absolute Gasteiger partial charge is 0.276 e. The fourth-order valence-electron chi connectivity index (χ4n) is 1.95. The van der Waals surface area contributed by atoms with E-state index >= 15 is 0 Å². The molecule has 0 unspecified atom stereocenters. The van der Waals surface area contributed by atoms with Gasteiger partial charge < -0.3 is 10.1 Å². The van der Waals surface area contributed by atoms with Crippen molar-refractivity contribution in [2.45, 2.75) is 45.4 Å². The van der Waals surface area contributed by atoms with Crippen LogP contribution in [-0.2, 0) is 9.59 Å². The molecule has 0 spiro atoms. The standard InChI is InChI=1S/C17H24BrN3O3S/c1-2-3-4-5-6-7-15(22)19-17(25)21-20-16(23)12-24-14-10-8-13(18)9-11-14/h8-11H,2-7,12H2,1H3,(H,20,23)(H2,19,21,22,25). The summed E-state index contributed by atoms with van der Waals surface area (Å²) in [4.78, 5) is 23.4. The number of carbonyl (C=O) groups excluding carboxylic acids is 2. The van der Waals surface area contributed by atoms with E-state index in [4.69, 9.17) is 17.0 Å². The van der Waals surface area contributed by atoms with E-state index in [1.807, 2.05) is 12.1 Å². The van der Waals surface area contributed by atoms with Crippen LogP contribution in [0, 0.1) is 0 Å². The van der Waals surface area contributed by atoms with Crippen LogP contribution in [0.15, 0.2) is 28.7 Å². The van der Waals surface area contributed by atoms with Crippen LogP contribution in [0.1, 0.15) is 45.4 Å². The maximum atomic E-state index is 11.7. The van der Waals surface area contributed by atoms with Gasteiger partial charge >= 0.3 is 0 Å². The number of hydrogen-bond acceptors (Lipinski definition) is 4. The van der Waals surface area contributed by atoms with E-state index in [1.165, 1.54) is 12.8 Å². The normalized spacial score (nSPS) is 10.0. The maximum Gasteiger partial charge on any atom is 0.276 e. The van der Waals surface area contributed by atoms with E-state index in [1.54, 1.807) is 12.1 Å². The molecule has 1 rings (SSSR count). The van der Waals surface area contributed by atoms with Crippen LogP contribution in [0.5, 0.6) is 5.75 Å². The molecule has 138 valence electrons. The number of carbonyl (C=O) groups is 2. The van der Waals surface area contributed by atoms with Crippen molar-refractivity contribution in [2.75, 3.05) is 6.61 Å². The minimum atomic E-state index is -0.404. The number of hydrogen-bond donors (Lipinski definition) is 3. The second-order valence-electron chi connectivity index (χ2n) is 5.46. The lowest BCUT2D eigenvalue weighted by atomic mass is 10.1. The van der Waals surface area contributed by atoms with Crippen LogP contribution in [-0.4, -0.2) is 23.5 Å². The molecule has 25 heavy (non-hydrogen) atoms. The highest BCUT2D eigenvalue weighted by molar-refractivity contribution is 9.10. The van der Waals surface area contributed by atoms with Crippen molar-refractivity contribution >= 4 is 45.1 Å². The largest absolute Gasteiger partial charge is 0.484 e. The molecule has 0 aliphatic carbocycles. The van der Waals surface area contributed by atoms with Gasteiger partial charge in [-0.3, -0.25) is 20.4 Å². The molecule has 0 heterocycles. The van der Waals surface area contributed by atoms with Crippen LogP contribution in [0.3, 0.4) is 0 Å². The molecule has 0 aliphatic heterocycles. The number of thiocarbonyl (C=S) groups is 1. The van der Waals surface area contributed by atoms with Gasteiger partial charge in [0.25, 0.3) is 5.91 Å². The molecule has 3 N–H and O–H groups in total. The van der Waals surface area contributed by atoms with Gasteiger partial charge in [0, 0.05) is 10.9 Å². The Morgan fingerprint density at radius 2 is 1.72 bits per heavy atom. The summed E-state index contributed by atoms with van der Waals surface area (Å²) >= 11 is 8.28. The third-order valence-corrected chi connectivity index (χ3v) is 3.99. The summed E-state index contributed by atoms with van der Waals surface area (Å²) in [6.45, 7) is 1.98. The highest BCUT2D eigenvalue weighted by Gasteiger charge is 2.06. The Morgan fingerprint density at radius 1 is 1.04 bits per heavy atom. The van der Waals surface area contributed by atoms with Crippen LogP contribution in [0.4, 0.5) is 0 Å². The lowest BCUT2D eigenvalue weighted by molar-refractivity contribution is -0.124. The summed E-state index contributed by atoms with van der Waals surface area (Å²) in [5.74, 6) is 0.0192. The summed E-state index contributed by atoms with van der Waals surface area (Å²) in [5.41, 5.74) is 4.86. The first-order valence-corrected chi connectivity index (χ1v) is 9.48. The summed E-state index contributed by atoms with van der Waals surface area (Å²) in [7, 11) is 0. The highest BCUT2D eigenvalue weighted by Crippen LogP contribution is 2.15. The first-order valence-electron chi connectivity index (χ1n) is 8.28. The first-order chi connectivity index (χ1) is 12.0. The second kappa shape index (κ2) is 12.7. The quantitative estimate of drug-likeness (QED) is 0.319. The van der Waals surface area contributed by atoms with Crippen LogP contribution >= 0.6 is 28.1 Å². The van der Waals surface area contributed by atoms with Crippen molar-refractivity contribution in [1.29, 1.82) is 0 Å². The molecule has 2 amide bonds. The molecule has 0 atom stereocenters. The first kappa shape index (κ1) is 21.4. The number of hydrazine groups is 1. The Hall–Kier alpha value is -1.67. The van der Waals surface area contributed by atoms with Gasteiger partial charge in [-0.15, -0.1) is 0 Å². The fourth-order valence-corrected chi connectivity index (χ4v) is 2.38. The zero-order valence-corrected chi connectivity index (χ0v) is 16.7. The predicted molar refractivity (Wildman–Crippen MR) is 105 cm³/mol. The van der Waals surface area contributed by atoms with Gasteiger partial charge in [-0.05, 0) is 42.9 Å². The van der Waals surface area contributed by atoms with Crippen molar-refractivity contribution in [2.24, 2.45) is 0 Å². The number of ether oxygens (including phenoxy) is 1. The molecule has 6 nitrogen and oxygen atoms in total. The van der Waals surface area contributed by atoms with E-state index in [2.05, 4.69) is 39.0 Å². The number of unbranched alkanes of at least 4 members (excludes halogenated alkanes) is 4. The molecule has 0 fully saturated rings. The molecule has 0 radical (unpaired) electrons. The summed E-state index contributed by atoms with van der Waals surface area (Å²) in [6.07, 6.45) is 5.79. The van der Waals surface area contributed by atoms with Gasteiger partial charge in [0.2, 0.25) is 5.91 Å². The highest BCUT2D eigenvalue weighted by atomic mass is 79.9. The number of benzene rings is 1. The number of rotatable bonds is 9. The molecule has 1 aromatic rings. The molecular formula is C17H24BrN3O3S. The second-order valence-corrected chi connectivity index (χ2v) is 6.78. The number of halogens is 1. The third-order valence-electron chi connectivity index (χ3n) is 3.26. The monoisotopic (exact) mass is 429 g/mol. The minimum Gasteiger partial charge on any atom is -0.484 e. The van der Waals surface area contributed by atoms with Crippen molar-refractivity contribution in [3.8, 4) is 5.75 Å². The summed E-state index contributed by atoms with van der Waals surface area (Å²) in [6, 6.07) is 7.13. The van der Waals surface area contributed by atoms with Crippen molar-refractivity contribution in [3.63, 3.8) is 0 Å². The minimum absolute atomic E-state index is 0.0653. The molecule has 0 bridgehead atoms. The van der Waals surface area contributed by atoms with Crippen LogP contribution in [0.2, 0.25) is 0 Å². The molecule has 1 aromatic carbocycles. The predicted octanol–water partition coefficient (Wildman–Crippen LogP) is 3.21. The lowest BCUT2D eigenvalue weighted by Crippen LogP contribution is -2.49. The number of amides is 2. The molecule has 0 aliphatic rings. The van der Waals surface area contributed by atoms with E-state index in [9.17, 15) is 9.59 Å².